The van der Waals surface area contributed by atoms with Crippen LogP contribution in [-0.4, -0.2) is 80.8 Å². The minimum atomic E-state index is -1.59. The normalized spacial score (nSPS) is 13.7. The average Bonchev–Trinajstić information content (AvgIpc) is 2.93. The lowest BCUT2D eigenvalue weighted by Crippen LogP contribution is -2.57. The van der Waals surface area contributed by atoms with Crippen molar-refractivity contribution < 1.29 is 44.4 Å². The molecular weight excluding hydrogens is 550 g/mol. The third-order valence-corrected chi connectivity index (χ3v) is 6.31. The van der Waals surface area contributed by atoms with Crippen molar-refractivity contribution >= 4 is 29.7 Å². The third kappa shape index (κ3) is 11.4. The lowest BCUT2D eigenvalue weighted by atomic mass is 10.0. The van der Waals surface area contributed by atoms with Gasteiger partial charge in [-0.3, -0.25) is 19.2 Å². The Labute approximate surface area is 242 Å². The molecule has 0 spiro atoms. The topological polar surface area (TPSA) is 254 Å². The van der Waals surface area contributed by atoms with Gasteiger partial charge in [-0.25, -0.2) is 4.79 Å². The second-order valence-electron chi connectivity index (χ2n) is 9.75. The summed E-state index contributed by atoms with van der Waals surface area (Å²) in [4.78, 5) is 62.3. The Hall–Kier alpha value is -4.69. The molecular formula is C28H37N5O9. The minimum Gasteiger partial charge on any atom is -0.508 e. The van der Waals surface area contributed by atoms with Crippen LogP contribution in [0.4, 0.5) is 0 Å². The Morgan fingerprint density at radius 1 is 0.667 bits per heavy atom. The molecule has 0 saturated carbocycles. The number of carboxylic acids is 2. The number of benzene rings is 2. The van der Waals surface area contributed by atoms with E-state index >= 15 is 0 Å². The monoisotopic (exact) mass is 587 g/mol. The minimum absolute atomic E-state index is 0.0124. The molecule has 0 aliphatic carbocycles. The fourth-order valence-corrected chi connectivity index (χ4v) is 4.02. The number of carbonyl (C=O) groups is 5. The Kier molecular flexibility index (Phi) is 13.2. The highest BCUT2D eigenvalue weighted by Crippen LogP contribution is 2.13. The number of aromatic hydroxyl groups is 2. The maximum absolute atomic E-state index is 13.1. The van der Waals surface area contributed by atoms with Crippen molar-refractivity contribution in [2.24, 2.45) is 11.5 Å². The zero-order valence-corrected chi connectivity index (χ0v) is 22.9. The molecule has 14 heteroatoms. The summed E-state index contributed by atoms with van der Waals surface area (Å²) < 4.78 is 0. The molecule has 2 aromatic carbocycles. The molecule has 11 N–H and O–H groups in total. The zero-order valence-electron chi connectivity index (χ0n) is 22.9. The van der Waals surface area contributed by atoms with E-state index in [0.29, 0.717) is 30.5 Å². The van der Waals surface area contributed by atoms with Crippen LogP contribution in [0, 0.1) is 0 Å². The number of aliphatic carboxylic acids is 2. The van der Waals surface area contributed by atoms with Gasteiger partial charge < -0.3 is 47.8 Å². The molecule has 0 aromatic heterocycles. The van der Waals surface area contributed by atoms with Crippen molar-refractivity contribution in [1.29, 1.82) is 0 Å². The summed E-state index contributed by atoms with van der Waals surface area (Å²) in [7, 11) is 0. The third-order valence-electron chi connectivity index (χ3n) is 6.31. The van der Waals surface area contributed by atoms with E-state index in [-0.39, 0.29) is 30.8 Å². The van der Waals surface area contributed by atoms with Gasteiger partial charge in [0.05, 0.1) is 12.5 Å². The zero-order chi connectivity index (χ0) is 31.2. The largest absolute Gasteiger partial charge is 0.508 e. The number of nitrogens with one attached hydrogen (secondary N) is 3. The van der Waals surface area contributed by atoms with Gasteiger partial charge in [-0.2, -0.15) is 0 Å². The number of carbonyl (C=O) groups excluding carboxylic acids is 3. The summed E-state index contributed by atoms with van der Waals surface area (Å²) in [6, 6.07) is 6.32. The van der Waals surface area contributed by atoms with Gasteiger partial charge in [-0.1, -0.05) is 24.3 Å². The number of hydrogen-bond acceptors (Lipinski definition) is 9. The summed E-state index contributed by atoms with van der Waals surface area (Å²) in [6.45, 7) is 0.303. The molecule has 0 bridgehead atoms. The Bertz CT molecular complexity index is 1220. The second-order valence-corrected chi connectivity index (χ2v) is 9.75. The van der Waals surface area contributed by atoms with E-state index < -0.39 is 60.2 Å². The first-order valence-electron chi connectivity index (χ1n) is 13.3. The number of phenols is 2. The number of amides is 3. The first kappa shape index (κ1) is 33.5. The Morgan fingerprint density at radius 3 is 1.64 bits per heavy atom. The van der Waals surface area contributed by atoms with Crippen LogP contribution in [-0.2, 0) is 36.8 Å². The van der Waals surface area contributed by atoms with E-state index in [9.17, 15) is 44.4 Å². The standard InChI is InChI=1S/C28H37N5O9/c29-12-2-1-3-21(26(39)33-23(28(41)42)14-17-6-10-19(35)11-7-17)31-27(40)22(15-24(36)37)32-25(38)20(30)13-16-4-8-18(34)9-5-16/h4-11,20-23,34-35H,1-3,12-15,29-30H2,(H,31,40)(H,32,38)(H,33,39)(H,36,37)(H,41,42). The van der Waals surface area contributed by atoms with Crippen LogP contribution in [0.3, 0.4) is 0 Å². The van der Waals surface area contributed by atoms with Gasteiger partial charge in [-0.05, 0) is 67.6 Å². The summed E-state index contributed by atoms with van der Waals surface area (Å²) >= 11 is 0. The van der Waals surface area contributed by atoms with Crippen LogP contribution in [0.2, 0.25) is 0 Å². The molecule has 2 rings (SSSR count). The quantitative estimate of drug-likeness (QED) is 0.105. The summed E-state index contributed by atoms with van der Waals surface area (Å²) in [5.74, 6) is -5.32. The molecule has 0 aliphatic heterocycles. The SMILES string of the molecule is NCCCCC(NC(=O)C(CC(=O)O)NC(=O)C(N)Cc1ccc(O)cc1)C(=O)NC(Cc1ccc(O)cc1)C(=O)O. The maximum atomic E-state index is 13.1. The number of hydrogen-bond donors (Lipinski definition) is 9. The summed E-state index contributed by atoms with van der Waals surface area (Å²) in [5, 5.41) is 45.0. The molecule has 3 amide bonds. The van der Waals surface area contributed by atoms with Gasteiger partial charge >= 0.3 is 11.9 Å². The van der Waals surface area contributed by atoms with Crippen molar-refractivity contribution in [3.05, 3.63) is 59.7 Å². The van der Waals surface area contributed by atoms with Crippen molar-refractivity contribution in [3.63, 3.8) is 0 Å². The van der Waals surface area contributed by atoms with E-state index in [4.69, 9.17) is 11.5 Å². The van der Waals surface area contributed by atoms with Crippen LogP contribution < -0.4 is 27.4 Å². The van der Waals surface area contributed by atoms with Gasteiger partial charge in [0.2, 0.25) is 17.7 Å². The first-order chi connectivity index (χ1) is 19.9. The van der Waals surface area contributed by atoms with Crippen molar-refractivity contribution in [2.45, 2.75) is 62.7 Å². The first-order valence-corrected chi connectivity index (χ1v) is 13.3. The summed E-state index contributed by atoms with van der Waals surface area (Å²) in [6.07, 6.45) is 0.0688. The lowest BCUT2D eigenvalue weighted by Gasteiger charge is -2.25. The highest BCUT2D eigenvalue weighted by Gasteiger charge is 2.31. The average molecular weight is 588 g/mol. The predicted molar refractivity (Wildman–Crippen MR) is 150 cm³/mol. The number of carboxylic acid groups (broad SMARTS) is 2. The molecule has 14 nitrogen and oxygen atoms in total. The molecule has 228 valence electrons. The van der Waals surface area contributed by atoms with Crippen LogP contribution in [0.5, 0.6) is 11.5 Å². The van der Waals surface area contributed by atoms with Crippen molar-refractivity contribution in [2.75, 3.05) is 6.54 Å². The molecule has 42 heavy (non-hydrogen) atoms. The number of unbranched alkanes of at least 4 members (excludes halogenated alkanes) is 1. The molecule has 0 fully saturated rings. The summed E-state index contributed by atoms with van der Waals surface area (Å²) in [5.41, 5.74) is 12.6. The highest BCUT2D eigenvalue weighted by atomic mass is 16.4. The van der Waals surface area contributed by atoms with Crippen LogP contribution >= 0.6 is 0 Å². The van der Waals surface area contributed by atoms with E-state index in [1.165, 1.54) is 36.4 Å². The lowest BCUT2D eigenvalue weighted by molar-refractivity contribution is -0.143. The van der Waals surface area contributed by atoms with E-state index in [0.717, 1.165) is 0 Å². The van der Waals surface area contributed by atoms with Crippen LogP contribution in [0.25, 0.3) is 0 Å². The van der Waals surface area contributed by atoms with Crippen LogP contribution in [0.1, 0.15) is 36.8 Å². The van der Waals surface area contributed by atoms with Crippen molar-refractivity contribution in [1.82, 2.24) is 16.0 Å². The van der Waals surface area contributed by atoms with Gasteiger partial charge in [0.25, 0.3) is 0 Å². The maximum Gasteiger partial charge on any atom is 0.326 e. The second kappa shape index (κ2) is 16.5. The fraction of sp³-hybridized carbons (Fsp3) is 0.393. The Morgan fingerprint density at radius 2 is 1.14 bits per heavy atom. The number of nitrogens with two attached hydrogens (primary N) is 2. The number of rotatable bonds is 17. The smallest absolute Gasteiger partial charge is 0.326 e. The molecule has 0 saturated heterocycles. The van der Waals surface area contributed by atoms with Gasteiger partial charge in [-0.15, -0.1) is 0 Å². The van der Waals surface area contributed by atoms with E-state index in [1.807, 2.05) is 0 Å². The van der Waals surface area contributed by atoms with Gasteiger partial charge in [0.15, 0.2) is 0 Å². The molecule has 4 atom stereocenters. The molecule has 2 aromatic rings. The Balaban J connectivity index is 2.14. The highest BCUT2D eigenvalue weighted by molar-refractivity contribution is 5.95. The number of phenolic OH excluding ortho intramolecular Hbond substituents is 2. The molecule has 0 heterocycles. The van der Waals surface area contributed by atoms with Crippen LogP contribution in [0.15, 0.2) is 48.5 Å². The van der Waals surface area contributed by atoms with Gasteiger partial charge in [0, 0.05) is 6.42 Å². The molecule has 4 unspecified atom stereocenters. The van der Waals surface area contributed by atoms with Gasteiger partial charge in [0.1, 0.15) is 29.6 Å². The van der Waals surface area contributed by atoms with E-state index in [1.54, 1.807) is 12.1 Å². The molecule has 0 radical (unpaired) electrons. The molecule has 0 aliphatic rings. The van der Waals surface area contributed by atoms with E-state index in [2.05, 4.69) is 16.0 Å². The van der Waals surface area contributed by atoms with Crippen molar-refractivity contribution in [3.8, 4) is 11.5 Å². The fourth-order valence-electron chi connectivity index (χ4n) is 4.02. The predicted octanol–water partition coefficient (Wildman–Crippen LogP) is -0.647.